The molecule has 5 atom stereocenters. The van der Waals surface area contributed by atoms with Crippen molar-refractivity contribution in [2.45, 2.75) is 63.7 Å². The number of rotatable bonds is 16. The van der Waals surface area contributed by atoms with Crippen LogP contribution in [-0.4, -0.2) is 75.1 Å². The highest BCUT2D eigenvalue weighted by molar-refractivity contribution is 7.98. The van der Waals surface area contributed by atoms with Crippen LogP contribution in [0.25, 0.3) is 10.9 Å². The number of fused-ring (bicyclic) bond motifs is 1. The van der Waals surface area contributed by atoms with E-state index in [1.165, 1.54) is 12.1 Å². The lowest BCUT2D eigenvalue weighted by atomic mass is 9.96. The zero-order valence-electron chi connectivity index (χ0n) is 24.6. The fraction of sp³-hybridized carbons (Fsp3) is 0.419. The number of nitrogens with one attached hydrogen (secondary N) is 4. The highest BCUT2D eigenvalue weighted by Gasteiger charge is 2.33. The van der Waals surface area contributed by atoms with E-state index in [4.69, 9.17) is 5.73 Å². The first-order chi connectivity index (χ1) is 20.5. The van der Waals surface area contributed by atoms with Crippen molar-refractivity contribution in [2.24, 2.45) is 11.7 Å². The molecular weight excluding hydrogens is 570 g/mol. The molecule has 0 aliphatic carbocycles. The van der Waals surface area contributed by atoms with E-state index in [2.05, 4.69) is 20.9 Å². The molecule has 0 aliphatic heterocycles. The molecular formula is C31H41N5O6S. The average Bonchev–Trinajstić information content (AvgIpc) is 3.40. The number of benzene rings is 2. The summed E-state index contributed by atoms with van der Waals surface area (Å²) in [7, 11) is 0. The van der Waals surface area contributed by atoms with Crippen LogP contribution in [0.15, 0.2) is 54.7 Å². The minimum Gasteiger partial charge on any atom is -0.508 e. The first-order valence-corrected chi connectivity index (χ1v) is 15.6. The standard InChI is InChI=1S/C31H41N5O6S/c1-4-18(2)27(36-28(38)23(32)13-14-43-3)30(40)34-25(15-19-9-11-21(37)12-10-19)29(39)35-26(31(41)42)16-20-17-33-24-8-6-5-7-22(20)24/h5-12,17-18,23,25-27,33,37H,4,13-16,32H2,1-3H3,(H,34,40)(H,35,39)(H,36,38)(H,41,42). The molecule has 0 spiro atoms. The monoisotopic (exact) mass is 611 g/mol. The number of carbonyl (C=O) groups excluding carboxylic acids is 3. The summed E-state index contributed by atoms with van der Waals surface area (Å²) < 4.78 is 0. The van der Waals surface area contributed by atoms with Gasteiger partial charge in [-0.3, -0.25) is 14.4 Å². The molecule has 0 saturated carbocycles. The Morgan fingerprint density at radius 2 is 1.60 bits per heavy atom. The number of aliphatic carboxylic acids is 1. The first-order valence-electron chi connectivity index (χ1n) is 14.2. The van der Waals surface area contributed by atoms with E-state index in [9.17, 15) is 29.4 Å². The molecule has 0 saturated heterocycles. The van der Waals surface area contributed by atoms with Gasteiger partial charge < -0.3 is 36.9 Å². The third-order valence-corrected chi connectivity index (χ3v) is 8.13. The Kier molecular flexibility index (Phi) is 12.4. The summed E-state index contributed by atoms with van der Waals surface area (Å²) in [6, 6.07) is 9.40. The van der Waals surface area contributed by atoms with E-state index in [0.29, 0.717) is 24.2 Å². The molecule has 3 rings (SSSR count). The number of carbonyl (C=O) groups is 4. The molecule has 43 heavy (non-hydrogen) atoms. The van der Waals surface area contributed by atoms with E-state index in [1.807, 2.05) is 44.4 Å². The predicted molar refractivity (Wildman–Crippen MR) is 168 cm³/mol. The van der Waals surface area contributed by atoms with Gasteiger partial charge in [0.25, 0.3) is 0 Å². The molecule has 0 bridgehead atoms. The maximum atomic E-state index is 13.6. The van der Waals surface area contributed by atoms with Crippen molar-refractivity contribution in [2.75, 3.05) is 12.0 Å². The number of carboxylic acids is 1. The number of phenolic OH excluding ortho intramolecular Hbond substituents is 1. The topological polar surface area (TPSA) is 187 Å². The van der Waals surface area contributed by atoms with Crippen LogP contribution >= 0.6 is 11.8 Å². The molecule has 0 radical (unpaired) electrons. The van der Waals surface area contributed by atoms with Gasteiger partial charge in [-0.05, 0) is 53.7 Å². The molecule has 11 nitrogen and oxygen atoms in total. The predicted octanol–water partition coefficient (Wildman–Crippen LogP) is 2.32. The Morgan fingerprint density at radius 1 is 0.930 bits per heavy atom. The van der Waals surface area contributed by atoms with Gasteiger partial charge in [-0.15, -0.1) is 0 Å². The van der Waals surface area contributed by atoms with Crippen LogP contribution in [-0.2, 0) is 32.0 Å². The zero-order chi connectivity index (χ0) is 31.5. The van der Waals surface area contributed by atoms with E-state index >= 15 is 0 Å². The summed E-state index contributed by atoms with van der Waals surface area (Å²) in [5.41, 5.74) is 8.23. The van der Waals surface area contributed by atoms with Crippen LogP contribution in [0.1, 0.15) is 37.8 Å². The molecule has 3 aromatic rings. The van der Waals surface area contributed by atoms with Crippen molar-refractivity contribution in [1.82, 2.24) is 20.9 Å². The Bertz CT molecular complexity index is 1390. The summed E-state index contributed by atoms with van der Waals surface area (Å²) in [4.78, 5) is 55.3. The summed E-state index contributed by atoms with van der Waals surface area (Å²) in [5, 5.41) is 28.6. The second-order valence-electron chi connectivity index (χ2n) is 10.7. The third-order valence-electron chi connectivity index (χ3n) is 7.49. The number of para-hydroxylation sites is 1. The van der Waals surface area contributed by atoms with E-state index in [1.54, 1.807) is 30.1 Å². The maximum absolute atomic E-state index is 13.6. The Hall–Kier alpha value is -4.03. The average molecular weight is 612 g/mol. The molecule has 2 aromatic carbocycles. The SMILES string of the molecule is CCC(C)C(NC(=O)C(N)CCSC)C(=O)NC(Cc1ccc(O)cc1)C(=O)NC(Cc1c[nH]c2ccccc12)C(=O)O. The number of nitrogens with two attached hydrogens (primary N) is 1. The second-order valence-corrected chi connectivity index (χ2v) is 11.6. The number of H-pyrrole nitrogens is 1. The number of phenols is 1. The zero-order valence-corrected chi connectivity index (χ0v) is 25.4. The van der Waals surface area contributed by atoms with Gasteiger partial charge in [-0.25, -0.2) is 4.79 Å². The van der Waals surface area contributed by atoms with Gasteiger partial charge in [0.05, 0.1) is 6.04 Å². The number of aromatic amines is 1. The molecule has 12 heteroatoms. The van der Waals surface area contributed by atoms with E-state index in [-0.39, 0.29) is 24.5 Å². The van der Waals surface area contributed by atoms with Crippen LogP contribution in [0.4, 0.5) is 0 Å². The van der Waals surface area contributed by atoms with Crippen molar-refractivity contribution >= 4 is 46.4 Å². The van der Waals surface area contributed by atoms with Gasteiger partial charge in [-0.2, -0.15) is 11.8 Å². The van der Waals surface area contributed by atoms with Crippen LogP contribution in [0.3, 0.4) is 0 Å². The van der Waals surface area contributed by atoms with Crippen molar-refractivity contribution in [3.05, 3.63) is 65.9 Å². The molecule has 8 N–H and O–H groups in total. The van der Waals surface area contributed by atoms with Crippen LogP contribution < -0.4 is 21.7 Å². The highest BCUT2D eigenvalue weighted by Crippen LogP contribution is 2.20. The van der Waals surface area contributed by atoms with Crippen molar-refractivity contribution in [1.29, 1.82) is 0 Å². The van der Waals surface area contributed by atoms with Crippen LogP contribution in [0.2, 0.25) is 0 Å². The molecule has 232 valence electrons. The summed E-state index contributed by atoms with van der Waals surface area (Å²) in [5.74, 6) is -2.51. The van der Waals surface area contributed by atoms with E-state index in [0.717, 1.165) is 16.5 Å². The Balaban J connectivity index is 1.83. The second kappa shape index (κ2) is 16.0. The Labute approximate surface area is 255 Å². The Morgan fingerprint density at radius 3 is 2.26 bits per heavy atom. The lowest BCUT2D eigenvalue weighted by molar-refractivity contribution is -0.142. The number of amides is 3. The number of aromatic nitrogens is 1. The van der Waals surface area contributed by atoms with Gasteiger partial charge in [0.15, 0.2) is 0 Å². The van der Waals surface area contributed by atoms with Gasteiger partial charge in [-0.1, -0.05) is 50.6 Å². The number of aromatic hydroxyl groups is 1. The van der Waals surface area contributed by atoms with Crippen molar-refractivity contribution < 1.29 is 29.4 Å². The summed E-state index contributed by atoms with van der Waals surface area (Å²) >= 11 is 1.56. The molecule has 0 fully saturated rings. The molecule has 3 amide bonds. The normalized spacial score (nSPS) is 14.7. The lowest BCUT2D eigenvalue weighted by Gasteiger charge is -2.28. The van der Waals surface area contributed by atoms with Gasteiger partial charge in [0.1, 0.15) is 23.9 Å². The molecule has 1 heterocycles. The fourth-order valence-electron chi connectivity index (χ4n) is 4.67. The first kappa shape index (κ1) is 33.5. The largest absolute Gasteiger partial charge is 0.508 e. The number of carboxylic acid groups (broad SMARTS) is 1. The maximum Gasteiger partial charge on any atom is 0.326 e. The minimum absolute atomic E-state index is 0.0183. The van der Waals surface area contributed by atoms with Crippen LogP contribution in [0.5, 0.6) is 5.75 Å². The third kappa shape index (κ3) is 9.48. The quantitative estimate of drug-likeness (QED) is 0.129. The lowest BCUT2D eigenvalue weighted by Crippen LogP contribution is -2.59. The van der Waals surface area contributed by atoms with Gasteiger partial charge in [0, 0.05) is 29.9 Å². The van der Waals surface area contributed by atoms with Crippen LogP contribution in [0, 0.1) is 5.92 Å². The fourth-order valence-corrected chi connectivity index (χ4v) is 5.16. The minimum atomic E-state index is -1.27. The van der Waals surface area contributed by atoms with Crippen molar-refractivity contribution in [3.8, 4) is 5.75 Å². The summed E-state index contributed by atoms with van der Waals surface area (Å²) in [6.45, 7) is 3.70. The number of thioether (sulfide) groups is 1. The molecule has 5 unspecified atom stereocenters. The van der Waals surface area contributed by atoms with Gasteiger partial charge >= 0.3 is 5.97 Å². The van der Waals surface area contributed by atoms with Gasteiger partial charge in [0.2, 0.25) is 17.7 Å². The molecule has 0 aliphatic rings. The number of hydrogen-bond donors (Lipinski definition) is 7. The van der Waals surface area contributed by atoms with Crippen molar-refractivity contribution in [3.63, 3.8) is 0 Å². The van der Waals surface area contributed by atoms with E-state index < -0.39 is 47.9 Å². The molecule has 1 aromatic heterocycles. The number of hydrogen-bond acceptors (Lipinski definition) is 7. The summed E-state index contributed by atoms with van der Waals surface area (Å²) in [6.07, 6.45) is 4.68. The smallest absolute Gasteiger partial charge is 0.326 e. The highest BCUT2D eigenvalue weighted by atomic mass is 32.2.